The molecule has 0 aliphatic carbocycles. The predicted molar refractivity (Wildman–Crippen MR) is 119 cm³/mol. The largest absolute Gasteiger partial charge is 0.497 e. The van der Waals surface area contributed by atoms with Gasteiger partial charge in [0.05, 0.1) is 18.7 Å². The van der Waals surface area contributed by atoms with Gasteiger partial charge in [-0.1, -0.05) is 30.7 Å². The molecule has 1 fully saturated rings. The molecule has 1 unspecified atom stereocenters. The van der Waals surface area contributed by atoms with Gasteiger partial charge in [-0.2, -0.15) is 0 Å². The summed E-state index contributed by atoms with van der Waals surface area (Å²) in [6.07, 6.45) is 3.68. The van der Waals surface area contributed by atoms with Gasteiger partial charge in [0, 0.05) is 12.2 Å². The van der Waals surface area contributed by atoms with E-state index in [1.807, 2.05) is 24.3 Å². The lowest BCUT2D eigenvalue weighted by molar-refractivity contribution is 0.0925. The number of methoxy groups -OCH3 is 1. The monoisotopic (exact) mass is 425 g/mol. The number of likely N-dealkylation sites (tertiary alicyclic amines) is 1. The molecule has 1 atom stereocenters. The van der Waals surface area contributed by atoms with E-state index in [2.05, 4.69) is 22.3 Å². The Hall–Kier alpha value is -1.95. The van der Waals surface area contributed by atoms with Crippen LogP contribution in [0.25, 0.3) is 0 Å². The molecule has 3 N–H and O–H groups in total. The van der Waals surface area contributed by atoms with Crippen LogP contribution in [0.3, 0.4) is 0 Å². The Bertz CT molecular complexity index is 735. The van der Waals surface area contributed by atoms with E-state index in [-0.39, 0.29) is 36.8 Å². The van der Waals surface area contributed by atoms with Gasteiger partial charge in [-0.25, -0.2) is 0 Å². The Morgan fingerprint density at radius 1 is 1.07 bits per heavy atom. The molecule has 7 heteroatoms. The lowest BCUT2D eigenvalue weighted by Crippen LogP contribution is -2.40. The summed E-state index contributed by atoms with van der Waals surface area (Å²) in [5.74, 6) is 0.714. The highest BCUT2D eigenvalue weighted by Gasteiger charge is 2.23. The number of piperidine rings is 1. The number of rotatable bonds is 6. The Morgan fingerprint density at radius 3 is 2.32 bits per heavy atom. The van der Waals surface area contributed by atoms with E-state index in [0.717, 1.165) is 18.8 Å². The number of nitrogen functional groups attached to an aromatic ring is 1. The number of nitrogens with two attached hydrogens (primary N) is 1. The summed E-state index contributed by atoms with van der Waals surface area (Å²) in [4.78, 5) is 15.0. The molecule has 154 valence electrons. The summed E-state index contributed by atoms with van der Waals surface area (Å²) in [7, 11) is 1.67. The van der Waals surface area contributed by atoms with E-state index in [0.29, 0.717) is 17.8 Å². The Balaban J connectivity index is 0.00000196. The zero-order valence-corrected chi connectivity index (χ0v) is 17.7. The number of carbonyl (C=O) groups is 1. The van der Waals surface area contributed by atoms with Crippen LogP contribution >= 0.6 is 24.8 Å². The van der Waals surface area contributed by atoms with E-state index in [9.17, 15) is 4.79 Å². The lowest BCUT2D eigenvalue weighted by atomic mass is 10.0. The molecular formula is C21H29Cl2N3O2. The maximum Gasteiger partial charge on any atom is 0.253 e. The van der Waals surface area contributed by atoms with Crippen molar-refractivity contribution in [1.29, 1.82) is 0 Å². The molecule has 2 aromatic rings. The molecule has 0 saturated carbocycles. The van der Waals surface area contributed by atoms with Crippen LogP contribution in [0.1, 0.15) is 41.2 Å². The lowest BCUT2D eigenvalue weighted by Gasteiger charge is -2.35. The molecule has 1 aliphatic rings. The minimum Gasteiger partial charge on any atom is -0.497 e. The molecule has 1 heterocycles. The van der Waals surface area contributed by atoms with Crippen molar-refractivity contribution < 1.29 is 9.53 Å². The maximum atomic E-state index is 12.6. The number of hydrogen-bond donors (Lipinski definition) is 2. The number of para-hydroxylation sites is 1. The van der Waals surface area contributed by atoms with Crippen LogP contribution in [0.4, 0.5) is 5.69 Å². The molecule has 0 spiro atoms. The van der Waals surface area contributed by atoms with Gasteiger partial charge in [-0.15, -0.1) is 24.8 Å². The van der Waals surface area contributed by atoms with Crippen molar-refractivity contribution in [2.45, 2.75) is 25.3 Å². The molecule has 2 aromatic carbocycles. The Labute approximate surface area is 179 Å². The van der Waals surface area contributed by atoms with Crippen LogP contribution in [0, 0.1) is 0 Å². The number of ether oxygens (including phenoxy) is 1. The molecule has 1 amide bonds. The summed E-state index contributed by atoms with van der Waals surface area (Å²) < 4.78 is 5.27. The maximum absolute atomic E-state index is 12.6. The highest BCUT2D eigenvalue weighted by atomic mass is 35.5. The summed E-state index contributed by atoms with van der Waals surface area (Å²) in [6, 6.07) is 15.4. The summed E-state index contributed by atoms with van der Waals surface area (Å²) in [5.41, 5.74) is 8.15. The van der Waals surface area contributed by atoms with Gasteiger partial charge in [0.1, 0.15) is 5.75 Å². The van der Waals surface area contributed by atoms with Crippen molar-refractivity contribution in [1.82, 2.24) is 10.2 Å². The second kappa shape index (κ2) is 11.8. The van der Waals surface area contributed by atoms with Gasteiger partial charge >= 0.3 is 0 Å². The highest BCUT2D eigenvalue weighted by Crippen LogP contribution is 2.26. The molecule has 28 heavy (non-hydrogen) atoms. The van der Waals surface area contributed by atoms with Gasteiger partial charge < -0.3 is 15.8 Å². The zero-order valence-electron chi connectivity index (χ0n) is 16.1. The molecule has 5 nitrogen and oxygen atoms in total. The zero-order chi connectivity index (χ0) is 18.4. The summed E-state index contributed by atoms with van der Waals surface area (Å²) in [6.45, 7) is 2.67. The van der Waals surface area contributed by atoms with Crippen LogP contribution < -0.4 is 15.8 Å². The molecule has 1 saturated heterocycles. The summed E-state index contributed by atoms with van der Waals surface area (Å²) in [5, 5.41) is 3.07. The number of nitrogens with one attached hydrogen (secondary N) is 1. The second-order valence-electron chi connectivity index (χ2n) is 6.68. The average molecular weight is 426 g/mol. The van der Waals surface area contributed by atoms with Gasteiger partial charge in [-0.05, 0) is 55.8 Å². The van der Waals surface area contributed by atoms with Gasteiger partial charge in [0.2, 0.25) is 0 Å². The van der Waals surface area contributed by atoms with Crippen molar-refractivity contribution in [3.05, 3.63) is 59.7 Å². The minimum absolute atomic E-state index is 0. The standard InChI is InChI=1S/C21H27N3O2.2ClH/c1-26-17-11-9-16(10-12-17)20(24-13-5-2-6-14-24)15-23-21(25)18-7-3-4-8-19(18)22;;/h3-4,7-12,20H,2,5-6,13-15,22H2,1H3,(H,23,25);2*1H. The third-order valence-electron chi connectivity index (χ3n) is 4.99. The van der Waals surface area contributed by atoms with Gasteiger partial charge in [0.25, 0.3) is 5.91 Å². The first-order valence-corrected chi connectivity index (χ1v) is 9.20. The number of amides is 1. The molecular weight excluding hydrogens is 397 g/mol. The van der Waals surface area contributed by atoms with Crippen LogP contribution in [0.2, 0.25) is 0 Å². The topological polar surface area (TPSA) is 67.6 Å². The first-order valence-electron chi connectivity index (χ1n) is 9.20. The third-order valence-corrected chi connectivity index (χ3v) is 4.99. The number of nitrogens with zero attached hydrogens (tertiary/aromatic N) is 1. The van der Waals surface area contributed by atoms with E-state index in [1.165, 1.54) is 24.8 Å². The minimum atomic E-state index is -0.126. The first kappa shape index (κ1) is 24.1. The fraction of sp³-hybridized carbons (Fsp3) is 0.381. The first-order chi connectivity index (χ1) is 12.7. The number of anilines is 1. The van der Waals surface area contributed by atoms with Crippen LogP contribution in [-0.2, 0) is 0 Å². The summed E-state index contributed by atoms with van der Waals surface area (Å²) >= 11 is 0. The fourth-order valence-electron chi connectivity index (χ4n) is 3.50. The van der Waals surface area contributed by atoms with Gasteiger partial charge in [0.15, 0.2) is 0 Å². The second-order valence-corrected chi connectivity index (χ2v) is 6.68. The normalized spacial score (nSPS) is 14.9. The van der Waals surface area contributed by atoms with Crippen molar-refractivity contribution in [3.63, 3.8) is 0 Å². The average Bonchev–Trinajstić information content (AvgIpc) is 2.69. The number of hydrogen-bond acceptors (Lipinski definition) is 4. The van der Waals surface area contributed by atoms with E-state index in [4.69, 9.17) is 10.5 Å². The number of carbonyl (C=O) groups excluding carboxylic acids is 1. The molecule has 1 aliphatic heterocycles. The van der Waals surface area contributed by atoms with Crippen molar-refractivity contribution in [3.8, 4) is 5.75 Å². The quantitative estimate of drug-likeness (QED) is 0.684. The van der Waals surface area contributed by atoms with E-state index >= 15 is 0 Å². The molecule has 0 bridgehead atoms. The van der Waals surface area contributed by atoms with Crippen molar-refractivity contribution in [2.75, 3.05) is 32.5 Å². The van der Waals surface area contributed by atoms with Gasteiger partial charge in [-0.3, -0.25) is 9.69 Å². The van der Waals surface area contributed by atoms with E-state index < -0.39 is 0 Å². The van der Waals surface area contributed by atoms with Crippen LogP contribution in [0.15, 0.2) is 48.5 Å². The number of benzene rings is 2. The third kappa shape index (κ3) is 6.03. The smallest absolute Gasteiger partial charge is 0.253 e. The molecule has 3 rings (SSSR count). The number of halogens is 2. The predicted octanol–water partition coefficient (Wildman–Crippen LogP) is 4.08. The van der Waals surface area contributed by atoms with Crippen molar-refractivity contribution in [2.24, 2.45) is 0 Å². The highest BCUT2D eigenvalue weighted by molar-refractivity contribution is 5.99. The van der Waals surface area contributed by atoms with E-state index in [1.54, 1.807) is 19.2 Å². The molecule has 0 aromatic heterocycles. The van der Waals surface area contributed by atoms with Crippen molar-refractivity contribution >= 4 is 36.4 Å². The van der Waals surface area contributed by atoms with Crippen LogP contribution in [-0.4, -0.2) is 37.6 Å². The Kier molecular flexibility index (Phi) is 10.1. The fourth-order valence-corrected chi connectivity index (χ4v) is 3.50. The van der Waals surface area contributed by atoms with Crippen LogP contribution in [0.5, 0.6) is 5.75 Å². The SMILES string of the molecule is COc1ccc(C(CNC(=O)c2ccccc2N)N2CCCCC2)cc1.Cl.Cl. The Morgan fingerprint density at radius 2 is 1.71 bits per heavy atom. The molecule has 0 radical (unpaired) electrons.